The lowest BCUT2D eigenvalue weighted by Gasteiger charge is -2.27. The van der Waals surface area contributed by atoms with Gasteiger partial charge in [0.15, 0.2) is 11.8 Å². The number of nitrogens with zero attached hydrogens (tertiary/aromatic N) is 1. The maximum Gasteiger partial charge on any atom is 0.405 e. The molecular formula is C26H34N3O7PS. The molecule has 38 heavy (non-hydrogen) atoms. The summed E-state index contributed by atoms with van der Waals surface area (Å²) in [6.45, 7) is 5.61. The van der Waals surface area contributed by atoms with Crippen LogP contribution in [-0.4, -0.2) is 51.6 Å². The Morgan fingerprint density at radius 3 is 2.74 bits per heavy atom. The zero-order valence-electron chi connectivity index (χ0n) is 21.7. The topological polar surface area (TPSA) is 132 Å². The van der Waals surface area contributed by atoms with Gasteiger partial charge >= 0.3 is 13.4 Å². The first kappa shape index (κ1) is 30.1. The van der Waals surface area contributed by atoms with Gasteiger partial charge in [0.2, 0.25) is 0 Å². The average molecular weight is 564 g/mol. The van der Waals surface area contributed by atoms with Crippen LogP contribution in [-0.2, 0) is 24.9 Å². The second kappa shape index (κ2) is 13.1. The molecule has 0 amide bonds. The van der Waals surface area contributed by atoms with Crippen molar-refractivity contribution in [2.75, 3.05) is 31.3 Å². The fourth-order valence-corrected chi connectivity index (χ4v) is 5.81. The van der Waals surface area contributed by atoms with Crippen LogP contribution in [0.15, 0.2) is 58.3 Å². The van der Waals surface area contributed by atoms with Gasteiger partial charge in [-0.3, -0.25) is 23.4 Å². The minimum atomic E-state index is -3.83. The quantitative estimate of drug-likeness (QED) is 0.137. The molecule has 10 nitrogen and oxygen atoms in total. The van der Waals surface area contributed by atoms with E-state index in [1.54, 1.807) is 30.8 Å². The summed E-state index contributed by atoms with van der Waals surface area (Å²) in [5, 5.41) is 12.3. The number of H-pyrrole nitrogens is 1. The van der Waals surface area contributed by atoms with E-state index in [4.69, 9.17) is 20.2 Å². The van der Waals surface area contributed by atoms with Crippen LogP contribution in [0.3, 0.4) is 0 Å². The highest BCUT2D eigenvalue weighted by atomic mass is 32.2. The third-order valence-corrected chi connectivity index (χ3v) is 8.68. The molecule has 0 saturated carbocycles. The van der Waals surface area contributed by atoms with E-state index in [1.807, 2.05) is 44.2 Å². The Labute approximate surface area is 226 Å². The lowest BCUT2D eigenvalue weighted by atomic mass is 9.98. The van der Waals surface area contributed by atoms with E-state index in [0.29, 0.717) is 17.1 Å². The number of terminal acetylenes is 1. The molecule has 1 aliphatic rings. The van der Waals surface area contributed by atoms with Gasteiger partial charge in [-0.1, -0.05) is 50.1 Å². The number of hydrogen-bond acceptors (Lipinski definition) is 8. The third kappa shape index (κ3) is 8.29. The van der Waals surface area contributed by atoms with Crippen molar-refractivity contribution < 1.29 is 23.5 Å². The Kier molecular flexibility index (Phi) is 10.4. The molecular weight excluding hydrogens is 529 g/mol. The lowest BCUT2D eigenvalue weighted by molar-refractivity contribution is -0.0480. The van der Waals surface area contributed by atoms with Gasteiger partial charge in [-0.15, -0.1) is 6.42 Å². The van der Waals surface area contributed by atoms with Crippen molar-refractivity contribution in [2.24, 2.45) is 5.41 Å². The molecule has 0 saturated heterocycles. The summed E-state index contributed by atoms with van der Waals surface area (Å²) in [6, 6.07) is 9.38. The lowest BCUT2D eigenvalue weighted by Crippen LogP contribution is -2.37. The summed E-state index contributed by atoms with van der Waals surface area (Å²) >= 11 is 1.57. The summed E-state index contributed by atoms with van der Waals surface area (Å²) in [7, 11) is -3.83. The zero-order valence-corrected chi connectivity index (χ0v) is 23.4. The minimum absolute atomic E-state index is 0.0640. The van der Waals surface area contributed by atoms with Crippen molar-refractivity contribution in [3.8, 4) is 12.3 Å². The van der Waals surface area contributed by atoms with E-state index in [0.717, 1.165) is 5.56 Å². The number of benzene rings is 1. The van der Waals surface area contributed by atoms with E-state index >= 15 is 0 Å². The summed E-state index contributed by atoms with van der Waals surface area (Å²) in [4.78, 5) is 26.2. The molecule has 3 rings (SSSR count). The molecule has 1 aliphatic heterocycles. The number of thioether (sulfide) groups is 1. The highest BCUT2D eigenvalue weighted by Gasteiger charge is 2.39. The largest absolute Gasteiger partial charge is 0.405 e. The Hall–Kier alpha value is -2.42. The van der Waals surface area contributed by atoms with Crippen LogP contribution in [0.1, 0.15) is 31.2 Å². The summed E-state index contributed by atoms with van der Waals surface area (Å²) in [5.74, 6) is 3.76. The Morgan fingerprint density at radius 1 is 1.32 bits per heavy atom. The van der Waals surface area contributed by atoms with E-state index in [2.05, 4.69) is 16.0 Å². The van der Waals surface area contributed by atoms with Crippen LogP contribution in [0.5, 0.6) is 0 Å². The molecule has 0 spiro atoms. The number of hydrogen-bond donors (Lipinski definition) is 3. The van der Waals surface area contributed by atoms with Gasteiger partial charge in [0.25, 0.3) is 5.56 Å². The molecule has 3 N–H and O–H groups in total. The van der Waals surface area contributed by atoms with Crippen molar-refractivity contribution in [2.45, 2.75) is 39.1 Å². The first-order valence-corrected chi connectivity index (χ1v) is 14.7. The number of aromatic nitrogens is 2. The van der Waals surface area contributed by atoms with Crippen molar-refractivity contribution in [3.63, 3.8) is 0 Å². The first-order chi connectivity index (χ1) is 18.0. The smallest absolute Gasteiger partial charge is 0.396 e. The fraction of sp³-hybridized carbons (Fsp3) is 0.462. The third-order valence-electron chi connectivity index (χ3n) is 5.70. The van der Waals surface area contributed by atoms with E-state index < -0.39 is 30.8 Å². The van der Waals surface area contributed by atoms with Gasteiger partial charge in [-0.05, 0) is 30.1 Å². The van der Waals surface area contributed by atoms with Crippen molar-refractivity contribution >= 4 is 19.5 Å². The van der Waals surface area contributed by atoms with Crippen LogP contribution in [0, 0.1) is 24.7 Å². The molecule has 0 fully saturated rings. The molecule has 0 unspecified atom stereocenters. The Bertz CT molecular complexity index is 1320. The standard InChI is InChI=1S/C26H34N3O7PS/c1-5-26(12-11-22(36-26)29-16-20(2)23(31)28-24(29)32)18-35-37(33,27-15-21-9-7-6-8-10-21)34-13-14-38-19-25(3,4)17-30/h1,6-12,16,22,30H,13-15,17-19H2,2-4H3,(H,27,33)(H,28,31,32)/t22-,26+,37-/m1/s1. The van der Waals surface area contributed by atoms with Crippen LogP contribution in [0.25, 0.3) is 0 Å². The van der Waals surface area contributed by atoms with Gasteiger partial charge in [-0.2, -0.15) is 11.8 Å². The van der Waals surface area contributed by atoms with Crippen LogP contribution in [0.2, 0.25) is 0 Å². The van der Waals surface area contributed by atoms with Gasteiger partial charge in [-0.25, -0.2) is 14.4 Å². The maximum atomic E-state index is 13.7. The van der Waals surface area contributed by atoms with Crippen LogP contribution >= 0.6 is 19.5 Å². The zero-order chi connectivity index (χ0) is 27.8. The van der Waals surface area contributed by atoms with E-state index in [1.165, 1.54) is 10.8 Å². The summed E-state index contributed by atoms with van der Waals surface area (Å²) in [5.41, 5.74) is -1.56. The number of aryl methyl sites for hydroxylation is 1. The molecule has 1 aromatic carbocycles. The maximum absolute atomic E-state index is 13.7. The van der Waals surface area contributed by atoms with Crippen molar-refractivity contribution in [1.82, 2.24) is 14.6 Å². The first-order valence-electron chi connectivity index (χ1n) is 12.0. The number of aliphatic hydroxyl groups is 1. The highest BCUT2D eigenvalue weighted by molar-refractivity contribution is 7.99. The van der Waals surface area contributed by atoms with Gasteiger partial charge in [0, 0.05) is 36.4 Å². The van der Waals surface area contributed by atoms with Crippen molar-refractivity contribution in [1.29, 1.82) is 0 Å². The van der Waals surface area contributed by atoms with Gasteiger partial charge < -0.3 is 9.84 Å². The summed E-state index contributed by atoms with van der Waals surface area (Å²) in [6.07, 6.45) is 9.39. The van der Waals surface area contributed by atoms with E-state index in [9.17, 15) is 19.3 Å². The number of ether oxygens (including phenoxy) is 1. The second-order valence-electron chi connectivity index (χ2n) is 9.68. The number of rotatable bonds is 14. The van der Waals surface area contributed by atoms with Gasteiger partial charge in [0.1, 0.15) is 6.61 Å². The number of nitrogens with one attached hydrogen (secondary N) is 2. The predicted octanol–water partition coefficient (Wildman–Crippen LogP) is 2.98. The predicted molar refractivity (Wildman–Crippen MR) is 148 cm³/mol. The SMILES string of the molecule is C#C[C@@]1(CO[P@@](=O)(NCc2ccccc2)OCCSCC(C)(C)CO)C=C[C@H](n2cc(C)c(=O)[nH]c2=O)O1. The molecule has 2 aromatic rings. The van der Waals surface area contributed by atoms with Crippen LogP contribution < -0.4 is 16.3 Å². The molecule has 206 valence electrons. The molecule has 2 heterocycles. The fourth-order valence-electron chi connectivity index (χ4n) is 3.37. The number of aromatic amines is 1. The molecule has 0 aliphatic carbocycles. The van der Waals surface area contributed by atoms with Crippen LogP contribution in [0.4, 0.5) is 0 Å². The summed E-state index contributed by atoms with van der Waals surface area (Å²) < 4.78 is 32.3. The van der Waals surface area contributed by atoms with Gasteiger partial charge in [0.05, 0.1) is 6.61 Å². The average Bonchev–Trinajstić information content (AvgIpc) is 3.34. The molecule has 0 radical (unpaired) electrons. The number of aliphatic hydroxyl groups excluding tert-OH is 1. The molecule has 0 bridgehead atoms. The highest BCUT2D eigenvalue weighted by Crippen LogP contribution is 2.46. The molecule has 12 heteroatoms. The Morgan fingerprint density at radius 2 is 2.05 bits per heavy atom. The Balaban J connectivity index is 1.67. The van der Waals surface area contributed by atoms with Crippen molar-refractivity contribution in [3.05, 3.63) is 80.6 Å². The minimum Gasteiger partial charge on any atom is -0.396 e. The van der Waals surface area contributed by atoms with E-state index in [-0.39, 0.29) is 31.8 Å². The normalized spacial score (nSPS) is 20.8. The molecule has 3 atom stereocenters. The second-order valence-corrected chi connectivity index (χ2v) is 12.6. The monoisotopic (exact) mass is 563 g/mol. The molecule has 1 aromatic heterocycles.